The Hall–Kier alpha value is -0.470. The summed E-state index contributed by atoms with van der Waals surface area (Å²) >= 11 is 1.77. The molecule has 0 atom stereocenters. The second kappa shape index (κ2) is 6.06. The number of hydrogen-bond acceptors (Lipinski definition) is 2. The van der Waals surface area contributed by atoms with E-state index in [1.165, 1.54) is 10.5 Å². The number of ether oxygens (including phenoxy) is 1. The Kier molecular flexibility index (Phi) is 4.94. The fourth-order valence-electron chi connectivity index (χ4n) is 1.13. The Labute approximate surface area is 84.5 Å². The SMILES string of the molecule is CCOCCc1ccc(SC)cc1. The summed E-state index contributed by atoms with van der Waals surface area (Å²) < 4.78 is 5.29. The van der Waals surface area contributed by atoms with Gasteiger partial charge in [-0.25, -0.2) is 0 Å². The molecule has 0 aliphatic heterocycles. The average molecular weight is 196 g/mol. The molecule has 0 radical (unpaired) electrons. The first-order valence-electron chi connectivity index (χ1n) is 4.57. The predicted octanol–water partition coefficient (Wildman–Crippen LogP) is 2.99. The lowest BCUT2D eigenvalue weighted by atomic mass is 10.2. The van der Waals surface area contributed by atoms with Crippen LogP contribution in [0.2, 0.25) is 0 Å². The molecule has 1 aromatic carbocycles. The molecule has 0 saturated carbocycles. The van der Waals surface area contributed by atoms with Gasteiger partial charge in [-0.3, -0.25) is 0 Å². The molecule has 0 amide bonds. The van der Waals surface area contributed by atoms with E-state index in [1.54, 1.807) is 11.8 Å². The van der Waals surface area contributed by atoms with Crippen LogP contribution in [-0.4, -0.2) is 19.5 Å². The molecule has 1 rings (SSSR count). The lowest BCUT2D eigenvalue weighted by molar-refractivity contribution is 0.151. The molecular formula is C11H16OS. The van der Waals surface area contributed by atoms with Crippen LogP contribution in [0.5, 0.6) is 0 Å². The van der Waals surface area contributed by atoms with Crippen molar-refractivity contribution in [2.45, 2.75) is 18.2 Å². The number of hydrogen-bond donors (Lipinski definition) is 0. The third kappa shape index (κ3) is 3.83. The maximum atomic E-state index is 5.29. The summed E-state index contributed by atoms with van der Waals surface area (Å²) in [6, 6.07) is 8.66. The van der Waals surface area contributed by atoms with Gasteiger partial charge in [0, 0.05) is 11.5 Å². The molecule has 0 aliphatic carbocycles. The summed E-state index contributed by atoms with van der Waals surface area (Å²) in [6.07, 6.45) is 3.11. The molecule has 0 aliphatic rings. The second-order valence-corrected chi connectivity index (χ2v) is 3.67. The molecule has 0 N–H and O–H groups in total. The molecule has 72 valence electrons. The highest BCUT2D eigenvalue weighted by atomic mass is 32.2. The normalized spacial score (nSPS) is 10.3. The minimum absolute atomic E-state index is 0.808. The topological polar surface area (TPSA) is 9.23 Å². The standard InChI is InChI=1S/C11H16OS/c1-3-12-9-8-10-4-6-11(13-2)7-5-10/h4-7H,3,8-9H2,1-2H3. The predicted molar refractivity (Wildman–Crippen MR) is 58.4 cm³/mol. The number of thioether (sulfide) groups is 1. The van der Waals surface area contributed by atoms with Crippen molar-refractivity contribution in [1.29, 1.82) is 0 Å². The second-order valence-electron chi connectivity index (χ2n) is 2.79. The Balaban J connectivity index is 2.40. The lowest BCUT2D eigenvalue weighted by Crippen LogP contribution is -1.97. The summed E-state index contributed by atoms with van der Waals surface area (Å²) in [5, 5.41) is 0. The minimum Gasteiger partial charge on any atom is -0.381 e. The van der Waals surface area contributed by atoms with E-state index in [1.807, 2.05) is 6.92 Å². The van der Waals surface area contributed by atoms with Crippen LogP contribution in [0.3, 0.4) is 0 Å². The van der Waals surface area contributed by atoms with Crippen LogP contribution >= 0.6 is 11.8 Å². The van der Waals surface area contributed by atoms with Crippen LogP contribution in [0.4, 0.5) is 0 Å². The molecule has 0 saturated heterocycles. The van der Waals surface area contributed by atoms with Crippen LogP contribution in [-0.2, 0) is 11.2 Å². The highest BCUT2D eigenvalue weighted by molar-refractivity contribution is 7.98. The lowest BCUT2D eigenvalue weighted by Gasteiger charge is -2.02. The first-order chi connectivity index (χ1) is 6.36. The molecule has 0 bridgehead atoms. The van der Waals surface area contributed by atoms with E-state index in [4.69, 9.17) is 4.74 Å². The summed E-state index contributed by atoms with van der Waals surface area (Å²) in [6.45, 7) is 3.66. The van der Waals surface area contributed by atoms with Gasteiger partial charge in [0.05, 0.1) is 6.61 Å². The summed E-state index contributed by atoms with van der Waals surface area (Å²) in [5.74, 6) is 0. The van der Waals surface area contributed by atoms with Gasteiger partial charge in [-0.15, -0.1) is 11.8 Å². The number of rotatable bonds is 5. The zero-order valence-corrected chi connectivity index (χ0v) is 9.06. The molecule has 0 fully saturated rings. The molecule has 1 aromatic rings. The third-order valence-corrected chi connectivity index (χ3v) is 2.64. The van der Waals surface area contributed by atoms with E-state index in [9.17, 15) is 0 Å². The van der Waals surface area contributed by atoms with Gasteiger partial charge < -0.3 is 4.74 Å². The minimum atomic E-state index is 0.808. The molecule has 0 unspecified atom stereocenters. The smallest absolute Gasteiger partial charge is 0.0506 e. The average Bonchev–Trinajstić information content (AvgIpc) is 2.19. The van der Waals surface area contributed by atoms with Crippen molar-refractivity contribution >= 4 is 11.8 Å². The van der Waals surface area contributed by atoms with E-state index in [0.717, 1.165) is 19.6 Å². The largest absolute Gasteiger partial charge is 0.381 e. The highest BCUT2D eigenvalue weighted by Crippen LogP contribution is 2.14. The zero-order chi connectivity index (χ0) is 9.52. The Morgan fingerprint density at radius 1 is 1.23 bits per heavy atom. The van der Waals surface area contributed by atoms with Gasteiger partial charge in [0.2, 0.25) is 0 Å². The fraction of sp³-hybridized carbons (Fsp3) is 0.455. The third-order valence-electron chi connectivity index (χ3n) is 1.90. The van der Waals surface area contributed by atoms with Gasteiger partial charge in [-0.2, -0.15) is 0 Å². The van der Waals surface area contributed by atoms with Gasteiger partial charge in [0.1, 0.15) is 0 Å². The van der Waals surface area contributed by atoms with Crippen molar-refractivity contribution in [3.8, 4) is 0 Å². The van der Waals surface area contributed by atoms with Crippen LogP contribution in [0.15, 0.2) is 29.2 Å². The fourth-order valence-corrected chi connectivity index (χ4v) is 1.53. The van der Waals surface area contributed by atoms with Crippen molar-refractivity contribution in [2.24, 2.45) is 0 Å². The van der Waals surface area contributed by atoms with Crippen molar-refractivity contribution in [1.82, 2.24) is 0 Å². The molecular weight excluding hydrogens is 180 g/mol. The molecule has 2 heteroatoms. The van der Waals surface area contributed by atoms with Crippen LogP contribution in [0.1, 0.15) is 12.5 Å². The molecule has 0 heterocycles. The van der Waals surface area contributed by atoms with Crippen LogP contribution < -0.4 is 0 Å². The van der Waals surface area contributed by atoms with E-state index in [-0.39, 0.29) is 0 Å². The quantitative estimate of drug-likeness (QED) is 0.529. The van der Waals surface area contributed by atoms with E-state index in [2.05, 4.69) is 30.5 Å². The van der Waals surface area contributed by atoms with Gasteiger partial charge >= 0.3 is 0 Å². The molecule has 0 aromatic heterocycles. The Bertz CT molecular complexity index is 230. The monoisotopic (exact) mass is 196 g/mol. The highest BCUT2D eigenvalue weighted by Gasteiger charge is 1.93. The molecule has 0 spiro atoms. The first kappa shape index (κ1) is 10.6. The molecule has 13 heavy (non-hydrogen) atoms. The summed E-state index contributed by atoms with van der Waals surface area (Å²) in [7, 11) is 0. The zero-order valence-electron chi connectivity index (χ0n) is 8.25. The van der Waals surface area contributed by atoms with Crippen LogP contribution in [0.25, 0.3) is 0 Å². The maximum absolute atomic E-state index is 5.29. The van der Waals surface area contributed by atoms with Gasteiger partial charge in [0.25, 0.3) is 0 Å². The first-order valence-corrected chi connectivity index (χ1v) is 5.80. The van der Waals surface area contributed by atoms with Crippen molar-refractivity contribution in [3.63, 3.8) is 0 Å². The van der Waals surface area contributed by atoms with Crippen molar-refractivity contribution in [3.05, 3.63) is 29.8 Å². The van der Waals surface area contributed by atoms with E-state index in [0.29, 0.717) is 0 Å². The van der Waals surface area contributed by atoms with E-state index < -0.39 is 0 Å². The Morgan fingerprint density at radius 2 is 1.92 bits per heavy atom. The van der Waals surface area contributed by atoms with Crippen molar-refractivity contribution in [2.75, 3.05) is 19.5 Å². The number of benzene rings is 1. The molecule has 1 nitrogen and oxygen atoms in total. The maximum Gasteiger partial charge on any atom is 0.0506 e. The summed E-state index contributed by atoms with van der Waals surface area (Å²) in [5.41, 5.74) is 1.35. The van der Waals surface area contributed by atoms with Gasteiger partial charge in [0.15, 0.2) is 0 Å². The Morgan fingerprint density at radius 3 is 2.46 bits per heavy atom. The van der Waals surface area contributed by atoms with E-state index >= 15 is 0 Å². The van der Waals surface area contributed by atoms with Crippen molar-refractivity contribution < 1.29 is 4.74 Å². The summed E-state index contributed by atoms with van der Waals surface area (Å²) in [4.78, 5) is 1.32. The van der Waals surface area contributed by atoms with Gasteiger partial charge in [-0.05, 0) is 37.3 Å². The van der Waals surface area contributed by atoms with Crippen LogP contribution in [0, 0.1) is 0 Å². The van der Waals surface area contributed by atoms with Gasteiger partial charge in [-0.1, -0.05) is 12.1 Å².